The Labute approximate surface area is 171 Å². The van der Waals surface area contributed by atoms with Gasteiger partial charge in [-0.3, -0.25) is 9.59 Å². The number of hydrogen-bond donors (Lipinski definition) is 1. The molecule has 1 aromatic rings. The molecule has 0 saturated heterocycles. The number of carbonyl (C=O) groups is 4. The zero-order valence-electron chi connectivity index (χ0n) is 16.4. The molecular weight excluding hydrogens is 396 g/mol. The van der Waals surface area contributed by atoms with Crippen molar-refractivity contribution in [2.75, 3.05) is 12.9 Å². The first kappa shape index (κ1) is 20.7. The summed E-state index contributed by atoms with van der Waals surface area (Å²) in [6.45, 7) is 5.06. The Kier molecular flexibility index (Phi) is 5.52. The number of fused-ring (bicyclic) bond motifs is 1. The van der Waals surface area contributed by atoms with E-state index in [0.717, 1.165) is 16.7 Å². The lowest BCUT2D eigenvalue weighted by Crippen LogP contribution is -2.39. The summed E-state index contributed by atoms with van der Waals surface area (Å²) in [7, 11) is 1.27. The van der Waals surface area contributed by atoms with Crippen molar-refractivity contribution in [2.24, 2.45) is 0 Å². The van der Waals surface area contributed by atoms with Gasteiger partial charge in [0.15, 0.2) is 5.70 Å². The first-order chi connectivity index (χ1) is 13.6. The normalized spacial score (nSPS) is 17.9. The highest BCUT2D eigenvalue weighted by Crippen LogP contribution is 2.33. The first-order valence-electron chi connectivity index (χ1n) is 8.76. The van der Waals surface area contributed by atoms with Gasteiger partial charge >= 0.3 is 11.9 Å². The number of benzene rings is 1. The predicted molar refractivity (Wildman–Crippen MR) is 106 cm³/mol. The van der Waals surface area contributed by atoms with E-state index >= 15 is 0 Å². The quantitative estimate of drug-likeness (QED) is 0.455. The van der Waals surface area contributed by atoms with Gasteiger partial charge in [-0.05, 0) is 32.9 Å². The molecule has 1 N–H and O–H groups in total. The van der Waals surface area contributed by atoms with Crippen molar-refractivity contribution in [2.45, 2.75) is 26.4 Å². The minimum Gasteiger partial charge on any atom is -0.466 e. The predicted octanol–water partition coefficient (Wildman–Crippen LogP) is 2.19. The van der Waals surface area contributed by atoms with Crippen LogP contribution in [-0.2, 0) is 19.1 Å². The summed E-state index contributed by atoms with van der Waals surface area (Å²) in [6.07, 6.45) is 1.39. The molecule has 0 fully saturated rings. The van der Waals surface area contributed by atoms with Gasteiger partial charge in [0.2, 0.25) is 0 Å². The third-order valence-corrected chi connectivity index (χ3v) is 5.08. The van der Waals surface area contributed by atoms with Crippen molar-refractivity contribution >= 4 is 35.5 Å². The molecule has 2 heterocycles. The van der Waals surface area contributed by atoms with Crippen molar-refractivity contribution in [3.05, 3.63) is 57.9 Å². The molecule has 0 radical (unpaired) electrons. The van der Waals surface area contributed by atoms with Crippen LogP contribution in [0, 0.1) is 0 Å². The Morgan fingerprint density at radius 3 is 2.14 bits per heavy atom. The van der Waals surface area contributed by atoms with E-state index in [0.29, 0.717) is 5.57 Å². The number of imide groups is 1. The highest BCUT2D eigenvalue weighted by atomic mass is 32.2. The van der Waals surface area contributed by atoms with Gasteiger partial charge in [0.05, 0.1) is 23.8 Å². The topological polar surface area (TPSA) is 102 Å². The van der Waals surface area contributed by atoms with Crippen LogP contribution in [0.4, 0.5) is 0 Å². The second-order valence-corrected chi connectivity index (χ2v) is 8.25. The van der Waals surface area contributed by atoms with Crippen LogP contribution in [0.2, 0.25) is 0 Å². The minimum absolute atomic E-state index is 0.199. The molecular formula is C20H20N2O6S. The second kappa shape index (κ2) is 7.75. The molecule has 0 unspecified atom stereocenters. The van der Waals surface area contributed by atoms with Crippen molar-refractivity contribution in [1.82, 2.24) is 10.2 Å². The van der Waals surface area contributed by atoms with Crippen molar-refractivity contribution in [3.8, 4) is 0 Å². The molecule has 2 aliphatic heterocycles. The van der Waals surface area contributed by atoms with Gasteiger partial charge in [0, 0.05) is 12.0 Å². The zero-order valence-corrected chi connectivity index (χ0v) is 17.2. The number of thioether (sulfide) groups is 1. The summed E-state index contributed by atoms with van der Waals surface area (Å²) < 4.78 is 10.1. The molecule has 0 saturated carbocycles. The Morgan fingerprint density at radius 1 is 1.10 bits per heavy atom. The van der Waals surface area contributed by atoms with E-state index in [1.807, 2.05) is 0 Å². The molecule has 2 aliphatic rings. The second-order valence-electron chi connectivity index (χ2n) is 7.27. The standard InChI is InChI=1S/C20H20N2O6S/c1-20(2,3)28-19(26)14(15-21-9-11(10-29-15)18(25)27-4)22-16(23)12-7-5-6-8-13(12)17(22)24/h5-9,21H,10H2,1-4H3/b15-14+. The monoisotopic (exact) mass is 416 g/mol. The lowest BCUT2D eigenvalue weighted by atomic mass is 10.1. The van der Waals surface area contributed by atoms with Gasteiger partial charge in [-0.2, -0.15) is 0 Å². The van der Waals surface area contributed by atoms with E-state index in [2.05, 4.69) is 10.1 Å². The number of nitrogens with zero attached hydrogens (tertiary/aromatic N) is 1. The molecule has 152 valence electrons. The SMILES string of the molecule is COC(=O)C1=CN/C(=C(/C(=O)OC(C)(C)C)N2C(=O)c3ccccc3C2=O)SC1. The molecule has 0 aliphatic carbocycles. The van der Waals surface area contributed by atoms with Crippen molar-refractivity contribution in [1.29, 1.82) is 0 Å². The number of carbonyl (C=O) groups excluding carboxylic acids is 4. The Morgan fingerprint density at radius 2 is 1.69 bits per heavy atom. The van der Waals surface area contributed by atoms with Crippen LogP contribution in [0.15, 0.2) is 46.8 Å². The lowest BCUT2D eigenvalue weighted by Gasteiger charge is -2.26. The number of methoxy groups -OCH3 is 1. The van der Waals surface area contributed by atoms with E-state index in [1.54, 1.807) is 32.9 Å². The summed E-state index contributed by atoms with van der Waals surface area (Å²) in [5.74, 6) is -2.35. The van der Waals surface area contributed by atoms with Gasteiger partial charge in [0.25, 0.3) is 11.8 Å². The summed E-state index contributed by atoms with van der Waals surface area (Å²) in [5.41, 5.74) is -0.270. The highest BCUT2D eigenvalue weighted by Gasteiger charge is 2.43. The van der Waals surface area contributed by atoms with Gasteiger partial charge in [-0.15, -0.1) is 11.8 Å². The average molecular weight is 416 g/mol. The lowest BCUT2D eigenvalue weighted by molar-refractivity contribution is -0.151. The van der Waals surface area contributed by atoms with Gasteiger partial charge < -0.3 is 14.8 Å². The summed E-state index contributed by atoms with van der Waals surface area (Å²) in [6, 6.07) is 6.35. The Hall–Kier alpha value is -3.07. The van der Waals surface area contributed by atoms with Crippen LogP contribution in [0.5, 0.6) is 0 Å². The fraction of sp³-hybridized carbons (Fsp3) is 0.300. The number of amides is 2. The Balaban J connectivity index is 2.05. The van der Waals surface area contributed by atoms with Gasteiger partial charge in [-0.1, -0.05) is 12.1 Å². The summed E-state index contributed by atoms with van der Waals surface area (Å²) in [5, 5.41) is 3.07. The molecule has 0 aromatic heterocycles. The van der Waals surface area contributed by atoms with Gasteiger partial charge in [-0.25, -0.2) is 14.5 Å². The maximum atomic E-state index is 13.0. The molecule has 0 spiro atoms. The zero-order chi connectivity index (χ0) is 21.3. The maximum absolute atomic E-state index is 13.0. The molecule has 0 bridgehead atoms. The fourth-order valence-electron chi connectivity index (χ4n) is 2.78. The maximum Gasteiger partial charge on any atom is 0.358 e. The molecule has 0 atom stereocenters. The van der Waals surface area contributed by atoms with E-state index in [4.69, 9.17) is 4.74 Å². The Bertz CT molecular complexity index is 938. The van der Waals surface area contributed by atoms with Crippen molar-refractivity contribution in [3.63, 3.8) is 0 Å². The average Bonchev–Trinajstić information content (AvgIpc) is 2.92. The fourth-order valence-corrected chi connectivity index (χ4v) is 3.73. The van der Waals surface area contributed by atoms with E-state index < -0.39 is 29.4 Å². The van der Waals surface area contributed by atoms with Crippen molar-refractivity contribution < 1.29 is 28.7 Å². The van der Waals surface area contributed by atoms with Crippen LogP contribution in [-0.4, -0.2) is 47.1 Å². The third kappa shape index (κ3) is 4.04. The van der Waals surface area contributed by atoms with E-state index in [-0.39, 0.29) is 27.6 Å². The minimum atomic E-state index is -0.839. The van der Waals surface area contributed by atoms with Crippen LogP contribution >= 0.6 is 11.8 Å². The smallest absolute Gasteiger partial charge is 0.358 e. The summed E-state index contributed by atoms with van der Waals surface area (Å²) in [4.78, 5) is 51.3. The van der Waals surface area contributed by atoms with Crippen LogP contribution < -0.4 is 5.32 Å². The van der Waals surface area contributed by atoms with Crippen LogP contribution in [0.3, 0.4) is 0 Å². The number of esters is 2. The molecule has 3 rings (SSSR count). The molecule has 2 amide bonds. The summed E-state index contributed by atoms with van der Waals surface area (Å²) >= 11 is 1.10. The van der Waals surface area contributed by atoms with Crippen LogP contribution in [0.1, 0.15) is 41.5 Å². The largest absolute Gasteiger partial charge is 0.466 e. The third-order valence-electron chi connectivity index (χ3n) is 4.02. The number of hydrogen-bond acceptors (Lipinski definition) is 8. The molecule has 9 heteroatoms. The number of rotatable bonds is 3. The van der Waals surface area contributed by atoms with E-state index in [1.165, 1.54) is 25.4 Å². The van der Waals surface area contributed by atoms with E-state index in [9.17, 15) is 19.2 Å². The molecule has 29 heavy (non-hydrogen) atoms. The molecule has 1 aromatic carbocycles. The van der Waals surface area contributed by atoms with Crippen LogP contribution in [0.25, 0.3) is 0 Å². The molecule has 8 nitrogen and oxygen atoms in total. The van der Waals surface area contributed by atoms with Gasteiger partial charge in [0.1, 0.15) is 10.6 Å². The highest BCUT2D eigenvalue weighted by molar-refractivity contribution is 8.03. The first-order valence-corrected chi connectivity index (χ1v) is 9.74. The number of ether oxygens (including phenoxy) is 2. The number of nitrogens with one attached hydrogen (secondary N) is 1.